The zero-order valence-corrected chi connectivity index (χ0v) is 13.1. The van der Waals surface area contributed by atoms with Crippen molar-refractivity contribution in [2.45, 2.75) is 59.6 Å². The van der Waals surface area contributed by atoms with Gasteiger partial charge in [0.2, 0.25) is 0 Å². The molecule has 1 aliphatic rings. The topological polar surface area (TPSA) is 21.3 Å². The molecule has 0 aromatic heterocycles. The van der Waals surface area contributed by atoms with Crippen molar-refractivity contribution in [3.8, 4) is 5.75 Å². The van der Waals surface area contributed by atoms with Crippen LogP contribution in [-0.4, -0.2) is 12.1 Å². The minimum Gasteiger partial charge on any atom is -0.487 e. The minimum absolute atomic E-state index is 0.0954. The second-order valence-electron chi connectivity index (χ2n) is 6.91. The molecule has 1 unspecified atom stereocenters. The van der Waals surface area contributed by atoms with Crippen molar-refractivity contribution in [3.05, 3.63) is 28.8 Å². The summed E-state index contributed by atoms with van der Waals surface area (Å²) in [7, 11) is 0. The second-order valence-corrected chi connectivity index (χ2v) is 6.91. The third-order valence-electron chi connectivity index (χ3n) is 3.70. The first-order valence-corrected chi connectivity index (χ1v) is 7.32. The number of rotatable bonds is 3. The van der Waals surface area contributed by atoms with Gasteiger partial charge in [-0.2, -0.15) is 0 Å². The fourth-order valence-electron chi connectivity index (χ4n) is 2.96. The Morgan fingerprint density at radius 2 is 2.00 bits per heavy atom. The highest BCUT2D eigenvalue weighted by Crippen LogP contribution is 2.41. The van der Waals surface area contributed by atoms with E-state index in [4.69, 9.17) is 4.74 Å². The van der Waals surface area contributed by atoms with E-state index in [1.54, 1.807) is 0 Å². The molecule has 0 amide bonds. The van der Waals surface area contributed by atoms with Gasteiger partial charge in [-0.15, -0.1) is 0 Å². The fourth-order valence-corrected chi connectivity index (χ4v) is 2.96. The minimum atomic E-state index is -0.0954. The summed E-state index contributed by atoms with van der Waals surface area (Å²) in [5, 5.41) is 3.71. The largest absolute Gasteiger partial charge is 0.487 e. The molecule has 1 N–H and O–H groups in total. The Balaban J connectivity index is 2.36. The normalized spacial score (nSPS) is 21.1. The summed E-state index contributed by atoms with van der Waals surface area (Å²) in [6.45, 7) is 14.2. The first kappa shape index (κ1) is 14.4. The Hall–Kier alpha value is -1.02. The van der Waals surface area contributed by atoms with Crippen LogP contribution in [0.4, 0.5) is 0 Å². The molecule has 0 aliphatic carbocycles. The van der Waals surface area contributed by atoms with Crippen molar-refractivity contribution in [2.24, 2.45) is 5.92 Å². The number of hydrogen-bond donors (Lipinski definition) is 1. The highest BCUT2D eigenvalue weighted by molar-refractivity contribution is 5.47. The van der Waals surface area contributed by atoms with E-state index in [9.17, 15) is 0 Å². The van der Waals surface area contributed by atoms with Gasteiger partial charge in [0, 0.05) is 18.0 Å². The van der Waals surface area contributed by atoms with E-state index >= 15 is 0 Å². The van der Waals surface area contributed by atoms with Crippen LogP contribution in [0.25, 0.3) is 0 Å². The summed E-state index contributed by atoms with van der Waals surface area (Å²) in [6.07, 6.45) is 1.02. The van der Waals surface area contributed by atoms with E-state index in [1.807, 2.05) is 0 Å². The van der Waals surface area contributed by atoms with Gasteiger partial charge in [-0.05, 0) is 57.4 Å². The highest BCUT2D eigenvalue weighted by Gasteiger charge is 2.34. The summed E-state index contributed by atoms with van der Waals surface area (Å²) < 4.78 is 6.18. The molecule has 2 rings (SSSR count). The Morgan fingerprint density at radius 3 is 2.63 bits per heavy atom. The average Bonchev–Trinajstić information content (AvgIpc) is 2.22. The van der Waals surface area contributed by atoms with Crippen LogP contribution in [0.3, 0.4) is 0 Å². The molecule has 106 valence electrons. The molecular weight excluding hydrogens is 234 g/mol. The van der Waals surface area contributed by atoms with E-state index < -0.39 is 0 Å². The van der Waals surface area contributed by atoms with Gasteiger partial charge in [0.1, 0.15) is 11.4 Å². The molecule has 0 spiro atoms. The monoisotopic (exact) mass is 261 g/mol. The van der Waals surface area contributed by atoms with Crippen LogP contribution in [0.1, 0.15) is 56.8 Å². The lowest BCUT2D eigenvalue weighted by Gasteiger charge is -2.39. The van der Waals surface area contributed by atoms with Crippen LogP contribution in [-0.2, 0) is 0 Å². The maximum atomic E-state index is 6.18. The Bertz CT molecular complexity index is 463. The third-order valence-corrected chi connectivity index (χ3v) is 3.70. The van der Waals surface area contributed by atoms with Crippen molar-refractivity contribution in [1.29, 1.82) is 0 Å². The van der Waals surface area contributed by atoms with Gasteiger partial charge in [-0.3, -0.25) is 0 Å². The number of benzene rings is 1. The van der Waals surface area contributed by atoms with Crippen molar-refractivity contribution < 1.29 is 4.74 Å². The highest BCUT2D eigenvalue weighted by atomic mass is 16.5. The predicted octanol–water partition coefficient (Wildman–Crippen LogP) is 4.15. The lowest BCUT2D eigenvalue weighted by molar-refractivity contribution is 0.0651. The lowest BCUT2D eigenvalue weighted by atomic mass is 9.86. The van der Waals surface area contributed by atoms with E-state index in [2.05, 4.69) is 59.0 Å². The number of hydrogen-bond acceptors (Lipinski definition) is 2. The molecule has 19 heavy (non-hydrogen) atoms. The molecule has 2 heteroatoms. The summed E-state index contributed by atoms with van der Waals surface area (Å²) in [4.78, 5) is 0. The number of fused-ring (bicyclic) bond motifs is 1. The molecule has 0 bridgehead atoms. The smallest absolute Gasteiger partial charge is 0.125 e. The SMILES string of the molecule is Cc1cc(C)c2c(c1)OC(C)(C)CC2NCC(C)C. The Morgan fingerprint density at radius 1 is 1.32 bits per heavy atom. The molecule has 1 aromatic carbocycles. The van der Waals surface area contributed by atoms with Gasteiger partial charge in [0.05, 0.1) is 0 Å². The van der Waals surface area contributed by atoms with Gasteiger partial charge in [-0.25, -0.2) is 0 Å². The molecule has 1 aliphatic heterocycles. The molecule has 2 nitrogen and oxygen atoms in total. The maximum absolute atomic E-state index is 6.18. The molecular formula is C17H27NO. The van der Waals surface area contributed by atoms with Crippen molar-refractivity contribution in [1.82, 2.24) is 5.32 Å². The Kier molecular flexibility index (Phi) is 3.91. The molecule has 1 atom stereocenters. The summed E-state index contributed by atoms with van der Waals surface area (Å²) >= 11 is 0. The number of aryl methyl sites for hydroxylation is 2. The zero-order valence-electron chi connectivity index (χ0n) is 13.1. The van der Waals surface area contributed by atoms with E-state index in [1.165, 1.54) is 16.7 Å². The molecule has 1 aromatic rings. The van der Waals surface area contributed by atoms with Crippen LogP contribution in [0, 0.1) is 19.8 Å². The average molecular weight is 261 g/mol. The summed E-state index contributed by atoms with van der Waals surface area (Å²) in [5.41, 5.74) is 3.87. The summed E-state index contributed by atoms with van der Waals surface area (Å²) in [5.74, 6) is 1.73. The third kappa shape index (κ3) is 3.30. The van der Waals surface area contributed by atoms with Gasteiger partial charge in [0.25, 0.3) is 0 Å². The van der Waals surface area contributed by atoms with Crippen molar-refractivity contribution >= 4 is 0 Å². The van der Waals surface area contributed by atoms with Crippen molar-refractivity contribution in [2.75, 3.05) is 6.54 Å². The van der Waals surface area contributed by atoms with Crippen LogP contribution in [0.15, 0.2) is 12.1 Å². The predicted molar refractivity (Wildman–Crippen MR) is 80.8 cm³/mol. The summed E-state index contributed by atoms with van der Waals surface area (Å²) in [6, 6.07) is 4.83. The van der Waals surface area contributed by atoms with Gasteiger partial charge < -0.3 is 10.1 Å². The van der Waals surface area contributed by atoms with E-state index in [0.29, 0.717) is 12.0 Å². The standard InChI is InChI=1S/C17H27NO/c1-11(2)10-18-14-9-17(5,6)19-15-8-12(3)7-13(4)16(14)15/h7-8,11,14,18H,9-10H2,1-6H3. The molecule has 0 saturated heterocycles. The van der Waals surface area contributed by atoms with E-state index in [-0.39, 0.29) is 5.60 Å². The molecule has 0 radical (unpaired) electrons. The van der Waals surface area contributed by atoms with Gasteiger partial charge in [0.15, 0.2) is 0 Å². The Labute approximate surface area is 117 Å². The quantitative estimate of drug-likeness (QED) is 0.882. The molecule has 1 heterocycles. The van der Waals surface area contributed by atoms with E-state index in [0.717, 1.165) is 18.7 Å². The van der Waals surface area contributed by atoms with Gasteiger partial charge >= 0.3 is 0 Å². The first-order valence-electron chi connectivity index (χ1n) is 7.32. The zero-order chi connectivity index (χ0) is 14.2. The first-order chi connectivity index (χ1) is 8.78. The van der Waals surface area contributed by atoms with Crippen LogP contribution in [0.5, 0.6) is 5.75 Å². The maximum Gasteiger partial charge on any atom is 0.125 e. The fraction of sp³-hybridized carbons (Fsp3) is 0.647. The van der Waals surface area contributed by atoms with Crippen molar-refractivity contribution in [3.63, 3.8) is 0 Å². The van der Waals surface area contributed by atoms with Gasteiger partial charge in [-0.1, -0.05) is 19.9 Å². The lowest BCUT2D eigenvalue weighted by Crippen LogP contribution is -2.40. The number of ether oxygens (including phenoxy) is 1. The number of nitrogens with one attached hydrogen (secondary N) is 1. The van der Waals surface area contributed by atoms with Crippen LogP contribution >= 0.6 is 0 Å². The molecule has 0 saturated carbocycles. The molecule has 0 fully saturated rings. The second kappa shape index (κ2) is 5.16. The van der Waals surface area contributed by atoms with Crippen LogP contribution in [0.2, 0.25) is 0 Å². The van der Waals surface area contributed by atoms with Crippen LogP contribution < -0.4 is 10.1 Å².